The number of hydrogen-bond acceptors (Lipinski definition) is 2. The number of carbonyl (C=O) groups is 1. The molecule has 0 aromatic heterocycles. The third-order valence-electron chi connectivity index (χ3n) is 4.66. The zero-order valence-electron chi connectivity index (χ0n) is 17.2. The number of rotatable bonds is 8. The number of allylic oxidation sites excluding steroid dienone is 1. The number of halogens is 3. The van der Waals surface area contributed by atoms with E-state index in [0.29, 0.717) is 27.7 Å². The van der Waals surface area contributed by atoms with Crippen molar-refractivity contribution in [3.05, 3.63) is 118 Å². The quantitative estimate of drug-likeness (QED) is 0.255. The fourth-order valence-corrected chi connectivity index (χ4v) is 3.51. The zero-order chi connectivity index (χ0) is 21.5. The van der Waals surface area contributed by atoms with Crippen LogP contribution in [0.1, 0.15) is 16.7 Å². The average molecular weight is 473 g/mol. The molecule has 0 radical (unpaired) electrons. The van der Waals surface area contributed by atoms with Crippen LogP contribution in [0.5, 0.6) is 0 Å². The summed E-state index contributed by atoms with van der Waals surface area (Å²) in [5, 5.41) is 0.931. The molecule has 0 amide bonds. The summed E-state index contributed by atoms with van der Waals surface area (Å²) in [7, 11) is 1.98. The van der Waals surface area contributed by atoms with Gasteiger partial charge in [0.1, 0.15) is 0 Å². The second-order valence-corrected chi connectivity index (χ2v) is 8.00. The molecule has 0 spiro atoms. The van der Waals surface area contributed by atoms with Crippen LogP contribution in [0.25, 0.3) is 11.6 Å². The van der Waals surface area contributed by atoms with Gasteiger partial charge in [-0.2, -0.15) is 0 Å². The Balaban J connectivity index is 0.00000341. The van der Waals surface area contributed by atoms with Crippen molar-refractivity contribution in [2.24, 2.45) is 0 Å². The Morgan fingerprint density at radius 2 is 1.55 bits per heavy atom. The lowest BCUT2D eigenvalue weighted by Gasteiger charge is -2.18. The molecule has 31 heavy (non-hydrogen) atoms. The monoisotopic (exact) mass is 471 g/mol. The molecule has 0 unspecified atom stereocenters. The standard InChI is InChI=1S/C26H23Cl2NO.ClH/c1-19(17-29(2)18-20-9-5-3-6-10-20)26(30)23(22-11-7-4-8-12-22)15-21-13-14-24(27)25(28)16-21;/h3-16H,1,17-18H2,2H3;1H/b23-15-;. The van der Waals surface area contributed by atoms with Crippen molar-refractivity contribution in [2.45, 2.75) is 6.54 Å². The molecule has 0 saturated carbocycles. The number of nitrogens with zero attached hydrogens (tertiary/aromatic N) is 1. The minimum Gasteiger partial charge on any atom is -0.298 e. The van der Waals surface area contributed by atoms with Crippen LogP contribution < -0.4 is 0 Å². The molecule has 160 valence electrons. The molecule has 3 rings (SSSR count). The first-order valence-electron chi connectivity index (χ1n) is 9.61. The fraction of sp³-hybridized carbons (Fsp3) is 0.115. The first kappa shape index (κ1) is 24.9. The van der Waals surface area contributed by atoms with Crippen molar-refractivity contribution < 1.29 is 4.79 Å². The van der Waals surface area contributed by atoms with Crippen LogP contribution in [0.15, 0.2) is 91.0 Å². The second kappa shape index (κ2) is 11.9. The molecule has 5 heteroatoms. The molecule has 0 heterocycles. The van der Waals surface area contributed by atoms with Crippen molar-refractivity contribution in [2.75, 3.05) is 13.6 Å². The molecule has 0 saturated heterocycles. The summed E-state index contributed by atoms with van der Waals surface area (Å²) in [5.41, 5.74) is 3.94. The highest BCUT2D eigenvalue weighted by Crippen LogP contribution is 2.27. The van der Waals surface area contributed by atoms with Gasteiger partial charge in [-0.1, -0.05) is 96.5 Å². The molecular formula is C26H24Cl3NO. The maximum Gasteiger partial charge on any atom is 0.190 e. The first-order chi connectivity index (χ1) is 14.4. The highest BCUT2D eigenvalue weighted by atomic mass is 35.5. The Labute approximate surface area is 200 Å². The summed E-state index contributed by atoms with van der Waals surface area (Å²) in [6.45, 7) is 5.29. The lowest BCUT2D eigenvalue weighted by molar-refractivity contribution is -0.110. The average Bonchev–Trinajstić information content (AvgIpc) is 2.75. The van der Waals surface area contributed by atoms with Crippen molar-refractivity contribution in [3.8, 4) is 0 Å². The summed E-state index contributed by atoms with van der Waals surface area (Å²) in [4.78, 5) is 15.4. The summed E-state index contributed by atoms with van der Waals surface area (Å²) < 4.78 is 0. The highest BCUT2D eigenvalue weighted by molar-refractivity contribution is 6.42. The van der Waals surface area contributed by atoms with E-state index in [2.05, 4.69) is 23.6 Å². The Hall–Kier alpha value is -2.36. The van der Waals surface area contributed by atoms with Crippen LogP contribution in [0.2, 0.25) is 10.0 Å². The highest BCUT2D eigenvalue weighted by Gasteiger charge is 2.17. The molecule has 3 aromatic carbocycles. The van der Waals surface area contributed by atoms with Crippen LogP contribution in [-0.4, -0.2) is 24.3 Å². The van der Waals surface area contributed by atoms with E-state index >= 15 is 0 Å². The summed E-state index contributed by atoms with van der Waals surface area (Å²) in [5.74, 6) is -0.0906. The molecule has 0 aliphatic rings. The Bertz CT molecular complexity index is 1060. The van der Waals surface area contributed by atoms with Crippen LogP contribution in [0.4, 0.5) is 0 Å². The summed E-state index contributed by atoms with van der Waals surface area (Å²) in [6.07, 6.45) is 1.84. The number of ketones is 1. The van der Waals surface area contributed by atoms with E-state index in [1.165, 1.54) is 5.56 Å². The smallest absolute Gasteiger partial charge is 0.190 e. The molecule has 0 aliphatic carbocycles. The fourth-order valence-electron chi connectivity index (χ4n) is 3.21. The third-order valence-corrected chi connectivity index (χ3v) is 5.40. The zero-order valence-corrected chi connectivity index (χ0v) is 19.6. The molecule has 0 atom stereocenters. The normalized spacial score (nSPS) is 11.2. The number of carbonyl (C=O) groups excluding carboxylic acids is 1. The van der Waals surface area contributed by atoms with Crippen LogP contribution >= 0.6 is 35.6 Å². The van der Waals surface area contributed by atoms with Crippen molar-refractivity contribution in [1.29, 1.82) is 0 Å². The maximum atomic E-state index is 13.3. The third kappa shape index (κ3) is 7.09. The number of benzene rings is 3. The van der Waals surface area contributed by atoms with Crippen molar-refractivity contribution in [1.82, 2.24) is 4.90 Å². The van der Waals surface area contributed by atoms with Gasteiger partial charge in [-0.15, -0.1) is 12.4 Å². The van der Waals surface area contributed by atoms with E-state index in [-0.39, 0.29) is 18.2 Å². The van der Waals surface area contributed by atoms with E-state index < -0.39 is 0 Å². The van der Waals surface area contributed by atoms with E-state index in [4.69, 9.17) is 23.2 Å². The molecule has 0 aliphatic heterocycles. The van der Waals surface area contributed by atoms with E-state index in [1.54, 1.807) is 12.1 Å². The van der Waals surface area contributed by atoms with Crippen LogP contribution in [0.3, 0.4) is 0 Å². The molecule has 0 fully saturated rings. The number of Topliss-reactive ketones (excluding diaryl/α,β-unsaturated/α-hetero) is 1. The SMILES string of the molecule is C=C(CN(C)Cc1ccccc1)C(=O)/C(=C\c1ccc(Cl)c(Cl)c1)c1ccccc1.Cl. The van der Waals surface area contributed by atoms with E-state index in [1.807, 2.05) is 67.7 Å². The summed E-state index contributed by atoms with van der Waals surface area (Å²) in [6, 6.07) is 25.1. The second-order valence-electron chi connectivity index (χ2n) is 7.19. The van der Waals surface area contributed by atoms with Gasteiger partial charge in [0.15, 0.2) is 5.78 Å². The minimum absolute atomic E-state index is 0. The maximum absolute atomic E-state index is 13.3. The van der Waals surface area contributed by atoms with Gasteiger partial charge in [-0.25, -0.2) is 0 Å². The Kier molecular flexibility index (Phi) is 9.54. The Morgan fingerprint density at radius 3 is 2.16 bits per heavy atom. The predicted octanol–water partition coefficient (Wildman–Crippen LogP) is 7.21. The Morgan fingerprint density at radius 1 is 0.935 bits per heavy atom. The predicted molar refractivity (Wildman–Crippen MR) is 135 cm³/mol. The largest absolute Gasteiger partial charge is 0.298 e. The molecule has 2 nitrogen and oxygen atoms in total. The molecule has 3 aromatic rings. The van der Waals surface area contributed by atoms with Gasteiger partial charge in [-0.05, 0) is 41.9 Å². The number of likely N-dealkylation sites (N-methyl/N-ethyl adjacent to an activating group) is 1. The van der Waals surface area contributed by atoms with Gasteiger partial charge >= 0.3 is 0 Å². The van der Waals surface area contributed by atoms with Crippen LogP contribution in [0, 0.1) is 0 Å². The summed E-state index contributed by atoms with van der Waals surface area (Å²) >= 11 is 12.2. The van der Waals surface area contributed by atoms with Gasteiger partial charge in [0, 0.05) is 24.2 Å². The van der Waals surface area contributed by atoms with Gasteiger partial charge in [0.2, 0.25) is 0 Å². The lowest BCUT2D eigenvalue weighted by Crippen LogP contribution is -2.23. The van der Waals surface area contributed by atoms with Gasteiger partial charge < -0.3 is 0 Å². The molecule has 0 bridgehead atoms. The molecule has 0 N–H and O–H groups in total. The molecular weight excluding hydrogens is 449 g/mol. The van der Waals surface area contributed by atoms with Gasteiger partial charge in [0.25, 0.3) is 0 Å². The minimum atomic E-state index is -0.0906. The lowest BCUT2D eigenvalue weighted by atomic mass is 9.95. The van der Waals surface area contributed by atoms with Gasteiger partial charge in [-0.3, -0.25) is 9.69 Å². The van der Waals surface area contributed by atoms with E-state index in [9.17, 15) is 4.79 Å². The number of hydrogen-bond donors (Lipinski definition) is 0. The van der Waals surface area contributed by atoms with E-state index in [0.717, 1.165) is 17.7 Å². The first-order valence-corrected chi connectivity index (χ1v) is 10.4. The van der Waals surface area contributed by atoms with Gasteiger partial charge in [0.05, 0.1) is 10.0 Å². The van der Waals surface area contributed by atoms with Crippen LogP contribution in [-0.2, 0) is 11.3 Å². The van der Waals surface area contributed by atoms with Crippen molar-refractivity contribution >= 4 is 53.0 Å². The topological polar surface area (TPSA) is 20.3 Å². The van der Waals surface area contributed by atoms with Crippen molar-refractivity contribution in [3.63, 3.8) is 0 Å².